The summed E-state index contributed by atoms with van der Waals surface area (Å²) in [6, 6.07) is 0. The first kappa shape index (κ1) is 25.4. The topological polar surface area (TPSA) is 32.3 Å². The molecule has 0 saturated heterocycles. The van der Waals surface area contributed by atoms with Gasteiger partial charge >= 0.3 is 0 Å². The largest absolute Gasteiger partial charge is 0.356 e. The Morgan fingerprint density at radius 3 is 1.50 bits per heavy atom. The molecule has 26 heavy (non-hydrogen) atoms. The number of amides is 1. The van der Waals surface area contributed by atoms with Gasteiger partial charge in [0.15, 0.2) is 0 Å². The van der Waals surface area contributed by atoms with Crippen LogP contribution in [-0.2, 0) is 4.79 Å². The molecular weight excluding hydrogens is 320 g/mol. The molecule has 0 aromatic carbocycles. The van der Waals surface area contributed by atoms with Gasteiger partial charge < -0.3 is 10.2 Å². The molecule has 0 rings (SSSR count). The highest BCUT2D eigenvalue weighted by Crippen LogP contribution is 2.13. The molecule has 0 aliphatic rings. The molecule has 0 aliphatic carbocycles. The van der Waals surface area contributed by atoms with Crippen molar-refractivity contribution in [3.05, 3.63) is 0 Å². The fraction of sp³-hybridized carbons (Fsp3) is 0.957. The van der Waals surface area contributed by atoms with Crippen molar-refractivity contribution in [1.82, 2.24) is 10.2 Å². The van der Waals surface area contributed by atoms with Crippen molar-refractivity contribution >= 4 is 5.91 Å². The lowest BCUT2D eigenvalue weighted by molar-refractivity contribution is -0.121. The SMILES string of the molecule is CCCCCCCCCCCCCCCCCC(=O)NCCCN(C)C. The van der Waals surface area contributed by atoms with Gasteiger partial charge in [-0.15, -0.1) is 0 Å². The summed E-state index contributed by atoms with van der Waals surface area (Å²) in [5, 5.41) is 3.02. The van der Waals surface area contributed by atoms with Gasteiger partial charge in [0.1, 0.15) is 0 Å². The number of nitrogens with zero attached hydrogens (tertiary/aromatic N) is 1. The highest BCUT2D eigenvalue weighted by Gasteiger charge is 2.00. The predicted octanol–water partition coefficient (Wildman–Crippen LogP) is 6.32. The summed E-state index contributed by atoms with van der Waals surface area (Å²) < 4.78 is 0. The minimum absolute atomic E-state index is 0.235. The van der Waals surface area contributed by atoms with Crippen molar-refractivity contribution in [3.63, 3.8) is 0 Å². The number of rotatable bonds is 20. The zero-order valence-corrected chi connectivity index (χ0v) is 18.3. The van der Waals surface area contributed by atoms with Gasteiger partial charge in [-0.2, -0.15) is 0 Å². The number of hydrogen-bond acceptors (Lipinski definition) is 2. The number of hydrogen-bond donors (Lipinski definition) is 1. The van der Waals surface area contributed by atoms with Crippen molar-refractivity contribution in [3.8, 4) is 0 Å². The standard InChI is InChI=1S/C23H48N2O/c1-4-5-6-7-8-9-10-11-12-13-14-15-16-17-18-20-23(26)24-21-19-22-25(2)3/h4-22H2,1-3H3,(H,24,26). The molecule has 0 heterocycles. The Kier molecular flexibility index (Phi) is 20.3. The van der Waals surface area contributed by atoms with Crippen LogP contribution in [-0.4, -0.2) is 38.0 Å². The lowest BCUT2D eigenvalue weighted by atomic mass is 10.0. The molecule has 0 aliphatic heterocycles. The fourth-order valence-corrected chi connectivity index (χ4v) is 3.37. The van der Waals surface area contributed by atoms with E-state index in [2.05, 4.69) is 31.2 Å². The summed E-state index contributed by atoms with van der Waals surface area (Å²) in [5.74, 6) is 0.235. The van der Waals surface area contributed by atoms with Crippen molar-refractivity contribution < 1.29 is 4.79 Å². The van der Waals surface area contributed by atoms with E-state index in [1.165, 1.54) is 89.9 Å². The Morgan fingerprint density at radius 1 is 0.654 bits per heavy atom. The summed E-state index contributed by atoms with van der Waals surface area (Å²) in [7, 11) is 4.13. The van der Waals surface area contributed by atoms with Crippen LogP contribution in [0.2, 0.25) is 0 Å². The average Bonchev–Trinajstić information content (AvgIpc) is 2.62. The van der Waals surface area contributed by atoms with Gasteiger partial charge in [0, 0.05) is 13.0 Å². The van der Waals surface area contributed by atoms with Crippen molar-refractivity contribution in [2.45, 2.75) is 116 Å². The number of carbonyl (C=O) groups excluding carboxylic acids is 1. The number of unbranched alkanes of at least 4 members (excludes halogenated alkanes) is 14. The van der Waals surface area contributed by atoms with E-state index < -0.39 is 0 Å². The van der Waals surface area contributed by atoms with E-state index in [1.54, 1.807) is 0 Å². The third-order valence-electron chi connectivity index (χ3n) is 5.11. The van der Waals surface area contributed by atoms with Gasteiger partial charge in [-0.25, -0.2) is 0 Å². The maximum Gasteiger partial charge on any atom is 0.219 e. The van der Waals surface area contributed by atoms with Crippen LogP contribution in [0.4, 0.5) is 0 Å². The van der Waals surface area contributed by atoms with Crippen LogP contribution < -0.4 is 5.32 Å². The second-order valence-corrected chi connectivity index (χ2v) is 8.21. The molecule has 0 fully saturated rings. The second-order valence-electron chi connectivity index (χ2n) is 8.21. The zero-order chi connectivity index (χ0) is 19.3. The molecule has 0 aromatic heterocycles. The van der Waals surface area contributed by atoms with Crippen LogP contribution in [0, 0.1) is 0 Å². The van der Waals surface area contributed by atoms with Gasteiger partial charge in [0.05, 0.1) is 0 Å². The van der Waals surface area contributed by atoms with Crippen LogP contribution in [0.15, 0.2) is 0 Å². The molecule has 0 bridgehead atoms. The monoisotopic (exact) mass is 368 g/mol. The molecule has 3 heteroatoms. The molecule has 0 saturated carbocycles. The molecule has 0 aromatic rings. The molecular formula is C23H48N2O. The number of nitrogens with one attached hydrogen (secondary N) is 1. The van der Waals surface area contributed by atoms with Crippen LogP contribution in [0.1, 0.15) is 116 Å². The Hall–Kier alpha value is -0.570. The van der Waals surface area contributed by atoms with Crippen LogP contribution in [0.5, 0.6) is 0 Å². The van der Waals surface area contributed by atoms with E-state index in [9.17, 15) is 4.79 Å². The Bertz CT molecular complexity index is 292. The maximum absolute atomic E-state index is 11.7. The van der Waals surface area contributed by atoms with Crippen molar-refractivity contribution in [1.29, 1.82) is 0 Å². The summed E-state index contributed by atoms with van der Waals surface area (Å²) in [6.45, 7) is 4.14. The number of carbonyl (C=O) groups is 1. The highest BCUT2D eigenvalue weighted by molar-refractivity contribution is 5.75. The normalized spacial score (nSPS) is 11.2. The minimum Gasteiger partial charge on any atom is -0.356 e. The van der Waals surface area contributed by atoms with Crippen molar-refractivity contribution in [2.75, 3.05) is 27.2 Å². The van der Waals surface area contributed by atoms with Gasteiger partial charge in [0.25, 0.3) is 0 Å². The molecule has 0 radical (unpaired) electrons. The lowest BCUT2D eigenvalue weighted by Gasteiger charge is -2.09. The molecule has 0 spiro atoms. The molecule has 3 nitrogen and oxygen atoms in total. The quantitative estimate of drug-likeness (QED) is 0.255. The molecule has 0 unspecified atom stereocenters. The van der Waals surface area contributed by atoms with E-state index in [4.69, 9.17) is 0 Å². The smallest absolute Gasteiger partial charge is 0.219 e. The first-order valence-electron chi connectivity index (χ1n) is 11.6. The van der Waals surface area contributed by atoms with E-state index in [1.807, 2.05) is 0 Å². The molecule has 156 valence electrons. The van der Waals surface area contributed by atoms with Gasteiger partial charge in [-0.1, -0.05) is 96.8 Å². The minimum atomic E-state index is 0.235. The fourth-order valence-electron chi connectivity index (χ4n) is 3.37. The first-order chi connectivity index (χ1) is 12.7. The Morgan fingerprint density at radius 2 is 1.08 bits per heavy atom. The third kappa shape index (κ3) is 21.5. The maximum atomic E-state index is 11.7. The van der Waals surface area contributed by atoms with Gasteiger partial charge in [-0.05, 0) is 33.5 Å². The third-order valence-corrected chi connectivity index (χ3v) is 5.11. The first-order valence-corrected chi connectivity index (χ1v) is 11.6. The Balaban J connectivity index is 3.11. The average molecular weight is 369 g/mol. The zero-order valence-electron chi connectivity index (χ0n) is 18.3. The van der Waals surface area contributed by atoms with Crippen LogP contribution in [0.3, 0.4) is 0 Å². The summed E-state index contributed by atoms with van der Waals surface area (Å²) in [5.41, 5.74) is 0. The van der Waals surface area contributed by atoms with E-state index in [-0.39, 0.29) is 5.91 Å². The van der Waals surface area contributed by atoms with E-state index in [0.717, 1.165) is 25.9 Å². The van der Waals surface area contributed by atoms with Crippen LogP contribution >= 0.6 is 0 Å². The summed E-state index contributed by atoms with van der Waals surface area (Å²) >= 11 is 0. The predicted molar refractivity (Wildman–Crippen MR) is 116 cm³/mol. The summed E-state index contributed by atoms with van der Waals surface area (Å²) in [6.07, 6.45) is 22.3. The molecule has 0 atom stereocenters. The highest BCUT2D eigenvalue weighted by atomic mass is 16.1. The van der Waals surface area contributed by atoms with E-state index in [0.29, 0.717) is 6.42 Å². The summed E-state index contributed by atoms with van der Waals surface area (Å²) in [4.78, 5) is 13.9. The molecule has 1 amide bonds. The Labute approximate surface area is 164 Å². The van der Waals surface area contributed by atoms with E-state index >= 15 is 0 Å². The van der Waals surface area contributed by atoms with Crippen molar-refractivity contribution in [2.24, 2.45) is 0 Å². The lowest BCUT2D eigenvalue weighted by Crippen LogP contribution is -2.26. The second kappa shape index (κ2) is 20.7. The van der Waals surface area contributed by atoms with Crippen LogP contribution in [0.25, 0.3) is 0 Å². The van der Waals surface area contributed by atoms with Gasteiger partial charge in [0.2, 0.25) is 5.91 Å². The van der Waals surface area contributed by atoms with Gasteiger partial charge in [-0.3, -0.25) is 4.79 Å². The molecule has 1 N–H and O–H groups in total.